The Morgan fingerprint density at radius 3 is 2.90 bits per heavy atom. The zero-order valence-corrected chi connectivity index (χ0v) is 11.9. The average Bonchev–Trinajstić information content (AvgIpc) is 2.49. The van der Waals surface area contributed by atoms with Crippen LogP contribution in [0.1, 0.15) is 27.9 Å². The quantitative estimate of drug-likeness (QED) is 0.860. The largest absolute Gasteiger partial charge is 0.385 e. The molecule has 2 aromatic carbocycles. The zero-order chi connectivity index (χ0) is 13.9. The molecule has 0 radical (unpaired) electrons. The molecule has 0 fully saturated rings. The second kappa shape index (κ2) is 5.68. The number of aryl methyl sites for hydroxylation is 1. The lowest BCUT2D eigenvalue weighted by Gasteiger charge is -2.18. The normalized spacial score (nSPS) is 13.4. The van der Waals surface area contributed by atoms with Crippen LogP contribution in [0.3, 0.4) is 0 Å². The summed E-state index contributed by atoms with van der Waals surface area (Å²) in [5.74, 6) is 0.117. The molecule has 20 heavy (non-hydrogen) atoms. The SMILES string of the molecule is O=C(Cc1ccccc1Cl)c1ccc2c(c1)CCCN2. The molecule has 0 atom stereocenters. The topological polar surface area (TPSA) is 29.1 Å². The van der Waals surface area contributed by atoms with Gasteiger partial charge >= 0.3 is 0 Å². The van der Waals surface area contributed by atoms with E-state index in [1.165, 1.54) is 5.56 Å². The molecule has 0 bridgehead atoms. The van der Waals surface area contributed by atoms with Crippen molar-refractivity contribution in [1.82, 2.24) is 0 Å². The predicted octanol–water partition coefficient (Wildman–Crippen LogP) is 4.12. The second-order valence-electron chi connectivity index (χ2n) is 5.09. The highest BCUT2D eigenvalue weighted by Crippen LogP contribution is 2.24. The second-order valence-corrected chi connectivity index (χ2v) is 5.50. The summed E-state index contributed by atoms with van der Waals surface area (Å²) >= 11 is 6.11. The van der Waals surface area contributed by atoms with Gasteiger partial charge in [0, 0.05) is 29.2 Å². The number of carbonyl (C=O) groups excluding carboxylic acids is 1. The van der Waals surface area contributed by atoms with E-state index in [4.69, 9.17) is 11.6 Å². The molecule has 0 aromatic heterocycles. The van der Waals surface area contributed by atoms with Crippen molar-refractivity contribution in [1.29, 1.82) is 0 Å². The van der Waals surface area contributed by atoms with E-state index in [9.17, 15) is 4.79 Å². The Kier molecular flexibility index (Phi) is 3.75. The van der Waals surface area contributed by atoms with Crippen molar-refractivity contribution in [2.45, 2.75) is 19.3 Å². The standard InChI is InChI=1S/C17H16ClNO/c18-15-6-2-1-4-12(15)11-17(20)14-7-8-16-13(10-14)5-3-9-19-16/h1-2,4,6-8,10,19H,3,5,9,11H2. The predicted molar refractivity (Wildman–Crippen MR) is 82.7 cm³/mol. The van der Waals surface area contributed by atoms with Crippen LogP contribution in [0.4, 0.5) is 5.69 Å². The number of hydrogen-bond donors (Lipinski definition) is 1. The van der Waals surface area contributed by atoms with Crippen LogP contribution in [-0.4, -0.2) is 12.3 Å². The molecule has 0 amide bonds. The van der Waals surface area contributed by atoms with Crippen molar-refractivity contribution in [3.8, 4) is 0 Å². The van der Waals surface area contributed by atoms with Gasteiger partial charge in [-0.3, -0.25) is 4.79 Å². The number of ketones is 1. The summed E-state index contributed by atoms with van der Waals surface area (Å²) in [5, 5.41) is 4.01. The van der Waals surface area contributed by atoms with Gasteiger partial charge in [-0.25, -0.2) is 0 Å². The van der Waals surface area contributed by atoms with Gasteiger partial charge in [0.05, 0.1) is 0 Å². The maximum atomic E-state index is 12.4. The van der Waals surface area contributed by atoms with Crippen LogP contribution in [0.25, 0.3) is 0 Å². The summed E-state index contributed by atoms with van der Waals surface area (Å²) in [5.41, 5.74) is 4.05. The number of benzene rings is 2. The molecule has 0 unspecified atom stereocenters. The van der Waals surface area contributed by atoms with Crippen molar-refractivity contribution < 1.29 is 4.79 Å². The minimum atomic E-state index is 0.117. The number of fused-ring (bicyclic) bond motifs is 1. The first kappa shape index (κ1) is 13.2. The summed E-state index contributed by atoms with van der Waals surface area (Å²) < 4.78 is 0. The average molecular weight is 286 g/mol. The molecular formula is C17H16ClNO. The Morgan fingerprint density at radius 2 is 2.05 bits per heavy atom. The molecule has 1 aliphatic heterocycles. The van der Waals surface area contributed by atoms with Crippen LogP contribution >= 0.6 is 11.6 Å². The van der Waals surface area contributed by atoms with Gasteiger partial charge in [-0.1, -0.05) is 29.8 Å². The van der Waals surface area contributed by atoms with E-state index in [-0.39, 0.29) is 5.78 Å². The molecule has 1 aliphatic rings. The Morgan fingerprint density at radius 1 is 1.20 bits per heavy atom. The van der Waals surface area contributed by atoms with E-state index in [0.717, 1.165) is 36.2 Å². The summed E-state index contributed by atoms with van der Waals surface area (Å²) in [6.07, 6.45) is 2.51. The number of hydrogen-bond acceptors (Lipinski definition) is 2. The highest BCUT2D eigenvalue weighted by atomic mass is 35.5. The van der Waals surface area contributed by atoms with Crippen LogP contribution in [0.2, 0.25) is 5.02 Å². The Bertz CT molecular complexity index is 651. The van der Waals surface area contributed by atoms with E-state index < -0.39 is 0 Å². The van der Waals surface area contributed by atoms with Gasteiger partial charge in [0.15, 0.2) is 5.78 Å². The van der Waals surface area contributed by atoms with Gasteiger partial charge in [0.25, 0.3) is 0 Å². The van der Waals surface area contributed by atoms with Gasteiger partial charge in [0.2, 0.25) is 0 Å². The number of carbonyl (C=O) groups is 1. The summed E-state index contributed by atoms with van der Waals surface area (Å²) in [6.45, 7) is 1.01. The lowest BCUT2D eigenvalue weighted by molar-refractivity contribution is 0.0993. The fraction of sp³-hybridized carbons (Fsp3) is 0.235. The fourth-order valence-electron chi connectivity index (χ4n) is 2.57. The molecule has 0 saturated heterocycles. The van der Waals surface area contributed by atoms with Gasteiger partial charge < -0.3 is 5.32 Å². The smallest absolute Gasteiger partial charge is 0.167 e. The first-order valence-corrected chi connectivity index (χ1v) is 7.25. The van der Waals surface area contributed by atoms with E-state index in [0.29, 0.717) is 11.4 Å². The Hall–Kier alpha value is -1.80. The van der Waals surface area contributed by atoms with Crippen molar-refractivity contribution in [2.75, 3.05) is 11.9 Å². The first-order valence-electron chi connectivity index (χ1n) is 6.87. The summed E-state index contributed by atoms with van der Waals surface area (Å²) in [6, 6.07) is 13.4. The summed E-state index contributed by atoms with van der Waals surface area (Å²) in [7, 11) is 0. The van der Waals surface area contributed by atoms with E-state index in [1.54, 1.807) is 0 Å². The lowest BCUT2D eigenvalue weighted by atomic mass is 9.97. The number of Topliss-reactive ketones (excluding diaryl/α,β-unsaturated/α-hetero) is 1. The molecule has 3 rings (SSSR count). The Balaban J connectivity index is 1.82. The molecule has 2 nitrogen and oxygen atoms in total. The third-order valence-corrected chi connectivity index (χ3v) is 4.04. The zero-order valence-electron chi connectivity index (χ0n) is 11.2. The molecule has 0 spiro atoms. The van der Waals surface area contributed by atoms with E-state index in [1.807, 2.05) is 42.5 Å². The van der Waals surface area contributed by atoms with Gasteiger partial charge in [-0.05, 0) is 48.2 Å². The molecule has 1 heterocycles. The van der Waals surface area contributed by atoms with Crippen LogP contribution in [0, 0.1) is 0 Å². The minimum absolute atomic E-state index is 0.117. The molecule has 3 heteroatoms. The van der Waals surface area contributed by atoms with Crippen LogP contribution in [0.5, 0.6) is 0 Å². The monoisotopic (exact) mass is 285 g/mol. The van der Waals surface area contributed by atoms with Crippen molar-refractivity contribution in [3.05, 3.63) is 64.2 Å². The molecule has 0 saturated carbocycles. The highest BCUT2D eigenvalue weighted by molar-refractivity contribution is 6.31. The summed E-state index contributed by atoms with van der Waals surface area (Å²) in [4.78, 5) is 12.4. The van der Waals surface area contributed by atoms with Crippen LogP contribution in [-0.2, 0) is 12.8 Å². The molecule has 2 aromatic rings. The maximum Gasteiger partial charge on any atom is 0.167 e. The number of nitrogens with one attached hydrogen (secondary N) is 1. The Labute approximate surface area is 123 Å². The molecule has 0 aliphatic carbocycles. The first-order chi connectivity index (χ1) is 9.74. The highest BCUT2D eigenvalue weighted by Gasteiger charge is 2.13. The molecule has 1 N–H and O–H groups in total. The third-order valence-electron chi connectivity index (χ3n) is 3.67. The van der Waals surface area contributed by atoms with Crippen LogP contribution < -0.4 is 5.32 Å². The lowest BCUT2D eigenvalue weighted by Crippen LogP contribution is -2.13. The van der Waals surface area contributed by atoms with Crippen molar-refractivity contribution in [3.63, 3.8) is 0 Å². The number of halogens is 1. The van der Waals surface area contributed by atoms with Crippen molar-refractivity contribution >= 4 is 23.1 Å². The van der Waals surface area contributed by atoms with E-state index >= 15 is 0 Å². The van der Waals surface area contributed by atoms with E-state index in [2.05, 4.69) is 5.32 Å². The van der Waals surface area contributed by atoms with Gasteiger partial charge in [-0.2, -0.15) is 0 Å². The van der Waals surface area contributed by atoms with Gasteiger partial charge in [-0.15, -0.1) is 0 Å². The molecular weight excluding hydrogens is 270 g/mol. The third kappa shape index (κ3) is 2.70. The number of anilines is 1. The maximum absolute atomic E-state index is 12.4. The fourth-order valence-corrected chi connectivity index (χ4v) is 2.77. The molecule has 102 valence electrons. The van der Waals surface area contributed by atoms with Gasteiger partial charge in [0.1, 0.15) is 0 Å². The minimum Gasteiger partial charge on any atom is -0.385 e. The number of rotatable bonds is 3. The van der Waals surface area contributed by atoms with Crippen LogP contribution in [0.15, 0.2) is 42.5 Å². The van der Waals surface area contributed by atoms with Crippen molar-refractivity contribution in [2.24, 2.45) is 0 Å².